The van der Waals surface area contributed by atoms with Gasteiger partial charge in [0.2, 0.25) is 0 Å². The molecule has 25 heavy (non-hydrogen) atoms. The number of nitrogens with two attached hydrogens (primary N) is 1. The number of hydrogen-bond acceptors (Lipinski definition) is 4. The van der Waals surface area contributed by atoms with Gasteiger partial charge in [-0.1, -0.05) is 37.6 Å². The zero-order valence-corrected chi connectivity index (χ0v) is 15.3. The van der Waals surface area contributed by atoms with Crippen LogP contribution < -0.4 is 16.4 Å². The van der Waals surface area contributed by atoms with E-state index in [-0.39, 0.29) is 30.9 Å². The van der Waals surface area contributed by atoms with Gasteiger partial charge in [-0.05, 0) is 30.5 Å². The third-order valence-corrected chi connectivity index (χ3v) is 3.96. The molecule has 2 atom stereocenters. The largest absolute Gasteiger partial charge is 0.456 e. The number of hydrogen-bond donors (Lipinski definition) is 3. The Hall–Kier alpha value is -2.28. The second-order valence-electron chi connectivity index (χ2n) is 6.08. The maximum Gasteiger partial charge on any atom is 0.312 e. The Morgan fingerprint density at radius 1 is 1.12 bits per heavy atom. The molecule has 1 aromatic carbocycles. The standard InChI is InChI=1S/C17H24ClN3O4/c1-10(2)11(3)20-15(22)9-25-16(23)8-14(21-17(19)24)12-4-6-13(18)7-5-12/h4-7,10-11,14H,8-9H2,1-3H3,(H,20,22)(H3,19,21,24)/t11-,14+/m0/s1. The van der Waals surface area contributed by atoms with E-state index in [0.717, 1.165) is 0 Å². The molecule has 3 amide bonds. The van der Waals surface area contributed by atoms with E-state index in [2.05, 4.69) is 10.6 Å². The van der Waals surface area contributed by atoms with Crippen LogP contribution in [-0.2, 0) is 14.3 Å². The SMILES string of the molecule is CC(C)[C@H](C)NC(=O)COC(=O)C[C@@H](NC(N)=O)c1ccc(Cl)cc1. The van der Waals surface area contributed by atoms with Crippen LogP contribution in [0, 0.1) is 5.92 Å². The number of primary amides is 1. The summed E-state index contributed by atoms with van der Waals surface area (Å²) in [6.07, 6.45) is -0.155. The van der Waals surface area contributed by atoms with Gasteiger partial charge in [-0.3, -0.25) is 9.59 Å². The molecule has 7 nitrogen and oxygen atoms in total. The van der Waals surface area contributed by atoms with E-state index in [4.69, 9.17) is 22.1 Å². The number of esters is 1. The first-order valence-electron chi connectivity index (χ1n) is 7.95. The molecule has 0 saturated heterocycles. The van der Waals surface area contributed by atoms with Crippen molar-refractivity contribution in [2.45, 2.75) is 39.3 Å². The van der Waals surface area contributed by atoms with E-state index < -0.39 is 18.0 Å². The molecule has 0 aromatic heterocycles. The van der Waals surface area contributed by atoms with E-state index in [0.29, 0.717) is 10.6 Å². The summed E-state index contributed by atoms with van der Waals surface area (Å²) in [4.78, 5) is 34.9. The van der Waals surface area contributed by atoms with Crippen LogP contribution in [0.25, 0.3) is 0 Å². The number of nitrogens with one attached hydrogen (secondary N) is 2. The lowest BCUT2D eigenvalue weighted by molar-refractivity contribution is -0.149. The Labute approximate surface area is 152 Å². The van der Waals surface area contributed by atoms with Crippen molar-refractivity contribution in [2.75, 3.05) is 6.61 Å². The van der Waals surface area contributed by atoms with Crippen molar-refractivity contribution in [2.24, 2.45) is 11.7 Å². The number of carbonyl (C=O) groups is 3. The fraction of sp³-hybridized carbons (Fsp3) is 0.471. The first-order chi connectivity index (χ1) is 11.7. The maximum atomic E-state index is 12.0. The monoisotopic (exact) mass is 369 g/mol. The number of amides is 3. The topological polar surface area (TPSA) is 111 Å². The molecule has 0 heterocycles. The molecule has 0 radical (unpaired) electrons. The first-order valence-corrected chi connectivity index (χ1v) is 8.33. The number of urea groups is 1. The van der Waals surface area contributed by atoms with Crippen LogP contribution in [0.5, 0.6) is 0 Å². The number of ether oxygens (including phenoxy) is 1. The number of benzene rings is 1. The van der Waals surface area contributed by atoms with Gasteiger partial charge in [0, 0.05) is 11.1 Å². The molecule has 0 fully saturated rings. The van der Waals surface area contributed by atoms with Gasteiger partial charge in [-0.25, -0.2) is 4.79 Å². The molecule has 0 unspecified atom stereocenters. The summed E-state index contributed by atoms with van der Waals surface area (Å²) in [5.41, 5.74) is 5.80. The Balaban J connectivity index is 2.59. The normalized spacial score (nSPS) is 13.0. The van der Waals surface area contributed by atoms with E-state index >= 15 is 0 Å². The van der Waals surface area contributed by atoms with Gasteiger partial charge in [0.25, 0.3) is 5.91 Å². The second kappa shape index (κ2) is 9.88. The van der Waals surface area contributed by atoms with E-state index in [1.54, 1.807) is 24.3 Å². The van der Waals surface area contributed by atoms with Crippen molar-refractivity contribution >= 4 is 29.5 Å². The summed E-state index contributed by atoms with van der Waals surface area (Å²) in [5, 5.41) is 5.74. The van der Waals surface area contributed by atoms with Crippen molar-refractivity contribution in [1.29, 1.82) is 0 Å². The minimum Gasteiger partial charge on any atom is -0.456 e. The van der Waals surface area contributed by atoms with Crippen LogP contribution in [0.2, 0.25) is 5.02 Å². The molecule has 0 bridgehead atoms. The van der Waals surface area contributed by atoms with Crippen molar-refractivity contribution < 1.29 is 19.1 Å². The summed E-state index contributed by atoms with van der Waals surface area (Å²) in [6, 6.07) is 5.17. The molecule has 0 aliphatic heterocycles. The zero-order chi connectivity index (χ0) is 19.0. The molecule has 8 heteroatoms. The minimum atomic E-state index is -0.767. The summed E-state index contributed by atoms with van der Waals surface area (Å²) < 4.78 is 4.97. The van der Waals surface area contributed by atoms with Gasteiger partial charge in [0.05, 0.1) is 12.5 Å². The quantitative estimate of drug-likeness (QED) is 0.609. The molecule has 0 aliphatic carbocycles. The summed E-state index contributed by atoms with van der Waals surface area (Å²) >= 11 is 5.83. The van der Waals surface area contributed by atoms with Crippen LogP contribution in [0.1, 0.15) is 38.8 Å². The van der Waals surface area contributed by atoms with Crippen LogP contribution in [-0.4, -0.2) is 30.6 Å². The Morgan fingerprint density at radius 2 is 1.72 bits per heavy atom. The molecule has 0 saturated carbocycles. The lowest BCUT2D eigenvalue weighted by Gasteiger charge is -2.19. The molecule has 1 rings (SSSR count). The van der Waals surface area contributed by atoms with Crippen LogP contribution in [0.15, 0.2) is 24.3 Å². The number of carbonyl (C=O) groups excluding carboxylic acids is 3. The molecule has 138 valence electrons. The lowest BCUT2D eigenvalue weighted by atomic mass is 10.0. The molecule has 1 aromatic rings. The highest BCUT2D eigenvalue weighted by atomic mass is 35.5. The third-order valence-electron chi connectivity index (χ3n) is 3.71. The second-order valence-corrected chi connectivity index (χ2v) is 6.51. The van der Waals surface area contributed by atoms with Crippen LogP contribution in [0.3, 0.4) is 0 Å². The zero-order valence-electron chi connectivity index (χ0n) is 14.5. The van der Waals surface area contributed by atoms with Gasteiger partial charge >= 0.3 is 12.0 Å². The van der Waals surface area contributed by atoms with Crippen molar-refractivity contribution in [3.8, 4) is 0 Å². The Bertz CT molecular complexity index is 604. The fourth-order valence-corrected chi connectivity index (χ4v) is 2.08. The fourth-order valence-electron chi connectivity index (χ4n) is 1.95. The van der Waals surface area contributed by atoms with E-state index in [1.165, 1.54) is 0 Å². The van der Waals surface area contributed by atoms with E-state index in [1.807, 2.05) is 20.8 Å². The average Bonchev–Trinajstić information content (AvgIpc) is 2.52. The molecular formula is C17H24ClN3O4. The van der Waals surface area contributed by atoms with Crippen LogP contribution in [0.4, 0.5) is 4.79 Å². The third kappa shape index (κ3) is 7.89. The average molecular weight is 370 g/mol. The minimum absolute atomic E-state index is 0.0236. The molecule has 0 spiro atoms. The smallest absolute Gasteiger partial charge is 0.312 e. The van der Waals surface area contributed by atoms with Gasteiger partial charge in [0.1, 0.15) is 0 Å². The van der Waals surface area contributed by atoms with Gasteiger partial charge in [-0.2, -0.15) is 0 Å². The maximum absolute atomic E-state index is 12.0. The van der Waals surface area contributed by atoms with Gasteiger partial charge in [-0.15, -0.1) is 0 Å². The van der Waals surface area contributed by atoms with E-state index in [9.17, 15) is 14.4 Å². The van der Waals surface area contributed by atoms with Crippen molar-refractivity contribution in [3.63, 3.8) is 0 Å². The Morgan fingerprint density at radius 3 is 2.24 bits per heavy atom. The molecule has 4 N–H and O–H groups in total. The summed E-state index contributed by atoms with van der Waals surface area (Å²) in [5.74, 6) is -0.727. The number of halogens is 1. The summed E-state index contributed by atoms with van der Waals surface area (Å²) in [6.45, 7) is 5.45. The number of rotatable bonds is 8. The van der Waals surface area contributed by atoms with Gasteiger partial charge in [0.15, 0.2) is 6.61 Å². The molecule has 0 aliphatic rings. The highest BCUT2D eigenvalue weighted by Gasteiger charge is 2.20. The molecular weight excluding hydrogens is 346 g/mol. The highest BCUT2D eigenvalue weighted by Crippen LogP contribution is 2.20. The first kappa shape index (κ1) is 20.8. The lowest BCUT2D eigenvalue weighted by Crippen LogP contribution is -2.39. The predicted molar refractivity (Wildman–Crippen MR) is 94.9 cm³/mol. The highest BCUT2D eigenvalue weighted by molar-refractivity contribution is 6.30. The summed E-state index contributed by atoms with van der Waals surface area (Å²) in [7, 11) is 0. The van der Waals surface area contributed by atoms with Crippen molar-refractivity contribution in [1.82, 2.24) is 10.6 Å². The Kier molecular flexibility index (Phi) is 8.21. The van der Waals surface area contributed by atoms with Crippen molar-refractivity contribution in [3.05, 3.63) is 34.9 Å². The van der Waals surface area contributed by atoms with Gasteiger partial charge < -0.3 is 21.1 Å². The predicted octanol–water partition coefficient (Wildman–Crippen LogP) is 2.14. The van der Waals surface area contributed by atoms with Crippen LogP contribution >= 0.6 is 11.6 Å².